The fraction of sp³-hybridized carbons (Fsp3) is 0.444. The Morgan fingerprint density at radius 1 is 1.50 bits per heavy atom. The molecule has 18 heavy (non-hydrogen) atoms. The number of nitrogens with two attached hydrogens (primary N) is 1. The van der Waals surface area contributed by atoms with Crippen molar-refractivity contribution in [2.45, 2.75) is 25.8 Å². The van der Waals surface area contributed by atoms with Gasteiger partial charge in [-0.3, -0.25) is 14.7 Å². The minimum atomic E-state index is -1.39. The second-order valence-corrected chi connectivity index (χ2v) is 3.49. The third-order valence-electron chi connectivity index (χ3n) is 2.08. The van der Waals surface area contributed by atoms with E-state index in [1.54, 1.807) is 0 Å². The van der Waals surface area contributed by atoms with Gasteiger partial charge in [-0.1, -0.05) is 6.92 Å². The van der Waals surface area contributed by atoms with E-state index in [1.165, 1.54) is 0 Å². The fourth-order valence-electron chi connectivity index (χ4n) is 1.18. The number of H-pyrrole nitrogens is 1. The molecular weight excluding hydrogens is 242 g/mol. The van der Waals surface area contributed by atoms with Crippen LogP contribution in [0.4, 0.5) is 0 Å². The number of hydrogen-bond acceptors (Lipinski definition) is 5. The Balaban J connectivity index is 2.71. The van der Waals surface area contributed by atoms with Crippen LogP contribution in [0.5, 0.6) is 0 Å². The van der Waals surface area contributed by atoms with Gasteiger partial charge in [0.1, 0.15) is 11.9 Å². The molecule has 0 saturated carbocycles. The number of carboxylic acid groups (broad SMARTS) is 1. The number of primary amides is 1. The van der Waals surface area contributed by atoms with Gasteiger partial charge in [0.05, 0.1) is 6.42 Å². The minimum absolute atomic E-state index is 0.178. The summed E-state index contributed by atoms with van der Waals surface area (Å²) in [5.74, 6) is -2.63. The van der Waals surface area contributed by atoms with E-state index in [0.717, 1.165) is 0 Å². The summed E-state index contributed by atoms with van der Waals surface area (Å²) >= 11 is 0. The molecule has 0 spiro atoms. The molecule has 0 aromatic carbocycles. The van der Waals surface area contributed by atoms with Crippen molar-refractivity contribution in [2.75, 3.05) is 0 Å². The highest BCUT2D eigenvalue weighted by atomic mass is 16.4. The van der Waals surface area contributed by atoms with Crippen LogP contribution >= 0.6 is 0 Å². The molecule has 1 heterocycles. The van der Waals surface area contributed by atoms with Crippen molar-refractivity contribution in [2.24, 2.45) is 5.73 Å². The zero-order valence-corrected chi connectivity index (χ0v) is 9.64. The molecule has 1 aromatic rings. The van der Waals surface area contributed by atoms with Gasteiger partial charge < -0.3 is 16.2 Å². The topological polar surface area (TPSA) is 151 Å². The van der Waals surface area contributed by atoms with Crippen molar-refractivity contribution in [3.05, 3.63) is 11.6 Å². The number of aromatic nitrogens is 3. The van der Waals surface area contributed by atoms with Gasteiger partial charge >= 0.3 is 5.97 Å². The maximum atomic E-state index is 11.6. The number of nitrogens with zero attached hydrogens (tertiary/aromatic N) is 2. The number of hydrogen-bond donors (Lipinski definition) is 4. The highest BCUT2D eigenvalue weighted by Crippen LogP contribution is 1.97. The van der Waals surface area contributed by atoms with Crippen LogP contribution in [0.3, 0.4) is 0 Å². The number of aliphatic carboxylic acids is 1. The minimum Gasteiger partial charge on any atom is -0.480 e. The van der Waals surface area contributed by atoms with Crippen LogP contribution in [0.25, 0.3) is 0 Å². The number of rotatable bonds is 6. The van der Waals surface area contributed by atoms with Crippen LogP contribution in [0.1, 0.15) is 29.8 Å². The Labute approximate surface area is 102 Å². The molecular formula is C9H13N5O4. The summed E-state index contributed by atoms with van der Waals surface area (Å²) in [5.41, 5.74) is 4.88. The van der Waals surface area contributed by atoms with Crippen LogP contribution < -0.4 is 11.1 Å². The zero-order chi connectivity index (χ0) is 13.7. The summed E-state index contributed by atoms with van der Waals surface area (Å²) < 4.78 is 0. The predicted octanol–water partition coefficient (Wildman–Crippen LogP) is -1.57. The normalized spacial score (nSPS) is 11.8. The molecule has 0 radical (unpaired) electrons. The average molecular weight is 255 g/mol. The van der Waals surface area contributed by atoms with Gasteiger partial charge in [0.15, 0.2) is 0 Å². The number of carbonyl (C=O) groups is 3. The molecule has 0 aliphatic heterocycles. The maximum absolute atomic E-state index is 11.6. The summed E-state index contributed by atoms with van der Waals surface area (Å²) in [6.07, 6.45) is 0.0655. The first-order valence-electron chi connectivity index (χ1n) is 5.17. The van der Waals surface area contributed by atoms with Gasteiger partial charge in [-0.2, -0.15) is 0 Å². The van der Waals surface area contributed by atoms with Crippen LogP contribution in [0.2, 0.25) is 0 Å². The summed E-state index contributed by atoms with van der Waals surface area (Å²) in [6, 6.07) is -1.39. The molecule has 0 unspecified atom stereocenters. The van der Waals surface area contributed by atoms with Crippen LogP contribution in [-0.2, 0) is 16.0 Å². The van der Waals surface area contributed by atoms with Crippen molar-refractivity contribution in [3.63, 3.8) is 0 Å². The van der Waals surface area contributed by atoms with Gasteiger partial charge in [-0.25, -0.2) is 9.78 Å². The first-order chi connectivity index (χ1) is 8.43. The SMILES string of the molecule is CCc1nc(C(=O)N[C@H](CC(N)=O)C(=O)O)n[nH]1. The highest BCUT2D eigenvalue weighted by molar-refractivity contribution is 5.94. The second kappa shape index (κ2) is 5.75. The van der Waals surface area contributed by atoms with Crippen LogP contribution in [0.15, 0.2) is 0 Å². The van der Waals surface area contributed by atoms with Gasteiger partial charge in [0.2, 0.25) is 11.7 Å². The maximum Gasteiger partial charge on any atom is 0.326 e. The van der Waals surface area contributed by atoms with Gasteiger partial charge in [0.25, 0.3) is 5.91 Å². The van der Waals surface area contributed by atoms with E-state index in [9.17, 15) is 14.4 Å². The summed E-state index contributed by atoms with van der Waals surface area (Å²) in [4.78, 5) is 36.9. The number of aromatic amines is 1. The van der Waals surface area contributed by atoms with E-state index < -0.39 is 30.2 Å². The third-order valence-corrected chi connectivity index (χ3v) is 2.08. The lowest BCUT2D eigenvalue weighted by Gasteiger charge is -2.10. The van der Waals surface area contributed by atoms with Gasteiger partial charge in [-0.05, 0) is 0 Å². The molecule has 0 aliphatic carbocycles. The smallest absolute Gasteiger partial charge is 0.326 e. The molecule has 98 valence electrons. The number of carboxylic acids is 1. The quantitative estimate of drug-likeness (QED) is 0.481. The van der Waals surface area contributed by atoms with Crippen molar-refractivity contribution >= 4 is 17.8 Å². The molecule has 1 aromatic heterocycles. The second-order valence-electron chi connectivity index (χ2n) is 3.49. The molecule has 9 heteroatoms. The lowest BCUT2D eigenvalue weighted by atomic mass is 10.2. The van der Waals surface area contributed by atoms with Gasteiger partial charge in [-0.15, -0.1) is 5.10 Å². The lowest BCUT2D eigenvalue weighted by Crippen LogP contribution is -2.43. The fourth-order valence-corrected chi connectivity index (χ4v) is 1.18. The van der Waals surface area contributed by atoms with Crippen molar-refractivity contribution in [1.82, 2.24) is 20.5 Å². The molecule has 0 bridgehead atoms. The molecule has 5 N–H and O–H groups in total. The molecule has 1 atom stereocenters. The van der Waals surface area contributed by atoms with E-state index in [4.69, 9.17) is 10.8 Å². The lowest BCUT2D eigenvalue weighted by molar-refractivity contribution is -0.140. The molecule has 0 saturated heterocycles. The molecule has 0 aliphatic rings. The third kappa shape index (κ3) is 3.54. The summed E-state index contributed by atoms with van der Waals surface area (Å²) in [5, 5.41) is 17.1. The Hall–Kier alpha value is -2.45. The van der Waals surface area contributed by atoms with Crippen molar-refractivity contribution in [1.29, 1.82) is 0 Å². The van der Waals surface area contributed by atoms with E-state index in [1.807, 2.05) is 6.92 Å². The number of amides is 2. The van der Waals surface area contributed by atoms with Crippen LogP contribution in [-0.4, -0.2) is 44.1 Å². The van der Waals surface area contributed by atoms with E-state index in [2.05, 4.69) is 20.5 Å². The number of aryl methyl sites for hydroxylation is 1. The highest BCUT2D eigenvalue weighted by Gasteiger charge is 2.24. The Kier molecular flexibility index (Phi) is 4.35. The van der Waals surface area contributed by atoms with E-state index in [0.29, 0.717) is 12.2 Å². The predicted molar refractivity (Wildman–Crippen MR) is 58.5 cm³/mol. The van der Waals surface area contributed by atoms with Crippen molar-refractivity contribution < 1.29 is 19.5 Å². The largest absolute Gasteiger partial charge is 0.480 e. The molecule has 0 fully saturated rings. The average Bonchev–Trinajstić information content (AvgIpc) is 2.75. The zero-order valence-electron chi connectivity index (χ0n) is 9.64. The van der Waals surface area contributed by atoms with Gasteiger partial charge in [0, 0.05) is 6.42 Å². The van der Waals surface area contributed by atoms with E-state index in [-0.39, 0.29) is 5.82 Å². The monoisotopic (exact) mass is 255 g/mol. The first kappa shape index (κ1) is 13.6. The van der Waals surface area contributed by atoms with Crippen LogP contribution in [0, 0.1) is 0 Å². The summed E-state index contributed by atoms with van der Waals surface area (Å²) in [6.45, 7) is 1.81. The number of carbonyl (C=O) groups excluding carboxylic acids is 2. The van der Waals surface area contributed by atoms with E-state index >= 15 is 0 Å². The Bertz CT molecular complexity index is 469. The Morgan fingerprint density at radius 3 is 2.61 bits per heavy atom. The molecule has 9 nitrogen and oxygen atoms in total. The number of nitrogens with one attached hydrogen (secondary N) is 2. The molecule has 2 amide bonds. The van der Waals surface area contributed by atoms with Crippen molar-refractivity contribution in [3.8, 4) is 0 Å². The Morgan fingerprint density at radius 2 is 2.17 bits per heavy atom. The molecule has 1 rings (SSSR count). The first-order valence-corrected chi connectivity index (χ1v) is 5.17. The summed E-state index contributed by atoms with van der Waals surface area (Å²) in [7, 11) is 0. The standard InChI is InChI=1S/C9H13N5O4/c1-2-6-12-7(14-13-6)8(16)11-4(9(17)18)3-5(10)15/h4H,2-3H2,1H3,(H2,10,15)(H,11,16)(H,17,18)(H,12,13,14)/t4-/m1/s1.